The highest BCUT2D eigenvalue weighted by molar-refractivity contribution is 5.94. The van der Waals surface area contributed by atoms with Crippen LogP contribution in [0.4, 0.5) is 22.4 Å². The van der Waals surface area contributed by atoms with Gasteiger partial charge in [-0.25, -0.2) is 19.0 Å². The summed E-state index contributed by atoms with van der Waals surface area (Å²) in [7, 11) is 0. The maximum absolute atomic E-state index is 15.3. The van der Waals surface area contributed by atoms with Crippen molar-refractivity contribution in [2.24, 2.45) is 0 Å². The fourth-order valence-corrected chi connectivity index (χ4v) is 9.34. The van der Waals surface area contributed by atoms with Gasteiger partial charge in [0.05, 0.1) is 35.1 Å². The second-order valence-electron chi connectivity index (χ2n) is 15.9. The lowest BCUT2D eigenvalue weighted by Gasteiger charge is -2.31. The molecule has 5 aromatic rings. The van der Waals surface area contributed by atoms with Crippen LogP contribution in [0, 0.1) is 12.7 Å². The summed E-state index contributed by atoms with van der Waals surface area (Å²) in [5, 5.41) is 18.6. The summed E-state index contributed by atoms with van der Waals surface area (Å²) < 4.78 is 75.5. The molecule has 0 saturated carbocycles. The molecule has 14 nitrogen and oxygen atoms in total. The van der Waals surface area contributed by atoms with E-state index < -0.39 is 79.1 Å². The zero-order chi connectivity index (χ0) is 44.5. The maximum atomic E-state index is 15.3. The Morgan fingerprint density at radius 1 is 1.02 bits per heavy atom. The van der Waals surface area contributed by atoms with Gasteiger partial charge in [0.1, 0.15) is 32.3 Å². The summed E-state index contributed by atoms with van der Waals surface area (Å²) in [5.41, 5.74) is 3.39. The minimum Gasteiger partial charge on any atom is -0.458 e. The van der Waals surface area contributed by atoms with Crippen LogP contribution < -0.4 is 21.5 Å². The molecule has 9 rings (SSSR count). The van der Waals surface area contributed by atoms with Gasteiger partial charge in [-0.1, -0.05) is 55.5 Å². The van der Waals surface area contributed by atoms with Gasteiger partial charge in [0.15, 0.2) is 5.60 Å². The Morgan fingerprint density at radius 3 is 2.40 bits per heavy atom. The largest absolute Gasteiger partial charge is 0.458 e. The normalized spacial score (nSPS) is 18.7. The summed E-state index contributed by atoms with van der Waals surface area (Å²) in [5.74, 6) is -4.25. The van der Waals surface area contributed by atoms with Crippen LogP contribution in [-0.2, 0) is 53.8 Å². The first-order valence-corrected chi connectivity index (χ1v) is 20.3. The van der Waals surface area contributed by atoms with Gasteiger partial charge < -0.3 is 39.8 Å². The number of carbonyl (C=O) groups is 4. The van der Waals surface area contributed by atoms with E-state index in [1.165, 1.54) is 16.7 Å². The van der Waals surface area contributed by atoms with Crippen molar-refractivity contribution in [2.75, 3.05) is 19.9 Å². The highest BCUT2D eigenvalue weighted by atomic mass is 19.4. The van der Waals surface area contributed by atoms with Crippen LogP contribution >= 0.6 is 0 Å². The Bertz CT molecular complexity index is 2800. The lowest BCUT2D eigenvalue weighted by atomic mass is 9.81. The number of fused-ring (bicyclic) bond motifs is 8. The number of alkyl carbamates (subject to hydrolysis) is 1. The number of alkyl halides is 3. The first-order chi connectivity index (χ1) is 30.1. The fourth-order valence-electron chi connectivity index (χ4n) is 9.34. The molecule has 2 aliphatic heterocycles. The highest BCUT2D eigenvalue weighted by Crippen LogP contribution is 2.47. The van der Waals surface area contributed by atoms with Crippen LogP contribution in [0.2, 0.25) is 0 Å². The third-order valence-corrected chi connectivity index (χ3v) is 12.5. The molecule has 0 fully saturated rings. The minimum atomic E-state index is -5.24. The van der Waals surface area contributed by atoms with Gasteiger partial charge in [0.25, 0.3) is 11.5 Å². The number of aryl methyl sites for hydroxylation is 1. The molecular formula is C45H39F4N5O9. The van der Waals surface area contributed by atoms with E-state index in [2.05, 4.69) is 16.0 Å². The molecule has 2 aromatic heterocycles. The van der Waals surface area contributed by atoms with Crippen LogP contribution in [0.3, 0.4) is 0 Å². The van der Waals surface area contributed by atoms with Crippen molar-refractivity contribution in [3.63, 3.8) is 0 Å². The number of pyridine rings is 2. The molecule has 0 saturated heterocycles. The number of hydrogen-bond donors (Lipinski definition) is 4. The number of nitrogens with one attached hydrogen (secondary N) is 3. The molecule has 0 bridgehead atoms. The number of aromatic nitrogens is 2. The fraction of sp³-hybridized carbons (Fsp3) is 0.333. The second-order valence-corrected chi connectivity index (χ2v) is 15.9. The topological polar surface area (TPSA) is 187 Å². The van der Waals surface area contributed by atoms with Gasteiger partial charge in [0, 0.05) is 28.5 Å². The predicted molar refractivity (Wildman–Crippen MR) is 215 cm³/mol. The molecule has 1 unspecified atom stereocenters. The van der Waals surface area contributed by atoms with Gasteiger partial charge in [-0.3, -0.25) is 14.4 Å². The lowest BCUT2D eigenvalue weighted by Crippen LogP contribution is -2.49. The van der Waals surface area contributed by atoms with Crippen LogP contribution in [0.1, 0.15) is 76.2 Å². The predicted octanol–water partition coefficient (Wildman–Crippen LogP) is 5.19. The third kappa shape index (κ3) is 6.97. The summed E-state index contributed by atoms with van der Waals surface area (Å²) in [6.45, 7) is 0.833. The van der Waals surface area contributed by atoms with E-state index in [-0.39, 0.29) is 66.4 Å². The summed E-state index contributed by atoms with van der Waals surface area (Å²) in [6, 6.07) is 16.9. The lowest BCUT2D eigenvalue weighted by molar-refractivity contribution is -0.220. The molecule has 3 aromatic carbocycles. The van der Waals surface area contributed by atoms with Gasteiger partial charge in [0.2, 0.25) is 12.0 Å². The van der Waals surface area contributed by atoms with E-state index in [1.54, 1.807) is 13.8 Å². The minimum absolute atomic E-state index is 0.0297. The van der Waals surface area contributed by atoms with Crippen LogP contribution in [0.15, 0.2) is 65.5 Å². The number of aliphatic hydroxyl groups is 1. The van der Waals surface area contributed by atoms with Gasteiger partial charge in [-0.15, -0.1) is 0 Å². The number of rotatable bonds is 10. The highest BCUT2D eigenvalue weighted by Gasteiger charge is 2.48. The number of halogens is 4. The number of nitrogens with zero attached hydrogens (tertiary/aromatic N) is 2. The molecule has 4 aliphatic rings. The number of esters is 1. The van der Waals surface area contributed by atoms with Crippen molar-refractivity contribution >= 4 is 34.8 Å². The first-order valence-electron chi connectivity index (χ1n) is 20.3. The Kier molecular flexibility index (Phi) is 10.3. The maximum Gasteiger partial charge on any atom is 0.423 e. The zero-order valence-corrected chi connectivity index (χ0v) is 33.8. The monoisotopic (exact) mass is 869 g/mol. The Morgan fingerprint density at radius 2 is 1.71 bits per heavy atom. The number of ether oxygens (including phenoxy) is 3. The average molecular weight is 870 g/mol. The molecule has 2 aliphatic carbocycles. The molecular weight excluding hydrogens is 831 g/mol. The third-order valence-electron chi connectivity index (χ3n) is 12.5. The zero-order valence-electron chi connectivity index (χ0n) is 33.8. The molecule has 0 spiro atoms. The summed E-state index contributed by atoms with van der Waals surface area (Å²) in [6.07, 6.45) is -9.14. The van der Waals surface area contributed by atoms with E-state index in [1.807, 2.05) is 48.5 Å². The number of carbonyl (C=O) groups excluding carboxylic acids is 4. The molecule has 63 heavy (non-hydrogen) atoms. The SMILES string of the molecule is CC[C@@]1(O)C(=O)OCc2c1cc1n(c2=O)Cc2c-1nc1cc(F)c(C)c3c1c2[C@@H](NC(=O)C(OCNC(=O)CNC(=O)OCC1c2ccccc2-c2ccccc21)C(F)(F)F)CC3. The molecule has 326 valence electrons. The van der Waals surface area contributed by atoms with Crippen molar-refractivity contribution < 1.29 is 56.1 Å². The van der Waals surface area contributed by atoms with Gasteiger partial charge in [-0.2, -0.15) is 13.2 Å². The Hall–Kier alpha value is -6.66. The Labute approximate surface area is 355 Å². The van der Waals surface area contributed by atoms with E-state index in [0.717, 1.165) is 22.3 Å². The Balaban J connectivity index is 0.895. The van der Waals surface area contributed by atoms with Gasteiger partial charge >= 0.3 is 18.2 Å². The van der Waals surface area contributed by atoms with Gasteiger partial charge in [-0.05, 0) is 71.2 Å². The van der Waals surface area contributed by atoms with E-state index >= 15 is 4.39 Å². The molecule has 3 amide bonds. The quantitative estimate of drug-likeness (QED) is 0.0811. The first kappa shape index (κ1) is 41.7. The number of benzene rings is 3. The van der Waals surface area contributed by atoms with Crippen molar-refractivity contribution in [3.05, 3.63) is 121 Å². The van der Waals surface area contributed by atoms with Crippen LogP contribution in [-0.4, -0.2) is 70.7 Å². The van der Waals surface area contributed by atoms with Crippen molar-refractivity contribution in [2.45, 2.75) is 76.1 Å². The van der Waals surface area contributed by atoms with Crippen LogP contribution in [0.5, 0.6) is 0 Å². The molecule has 4 heterocycles. The molecule has 4 N–H and O–H groups in total. The molecule has 18 heteroatoms. The average Bonchev–Trinajstić information content (AvgIpc) is 3.79. The van der Waals surface area contributed by atoms with Crippen molar-refractivity contribution in [1.29, 1.82) is 0 Å². The summed E-state index contributed by atoms with van der Waals surface area (Å²) in [4.78, 5) is 70.0. The second kappa shape index (κ2) is 15.6. The van der Waals surface area contributed by atoms with E-state index in [4.69, 9.17) is 19.2 Å². The van der Waals surface area contributed by atoms with Crippen LogP contribution in [0.25, 0.3) is 33.4 Å². The molecule has 0 radical (unpaired) electrons. The number of cyclic esters (lactones) is 1. The standard InChI is InChI=1S/C45H39F4N5O9/c1-3-44(60)30-14-34-38-27(17-54(34)41(57)29(30)19-61-42(44)58)37-32(13-12-22-21(2)31(46)15-33(52-38)36(22)37)53-40(56)39(45(47,48)49)63-20-51-35(55)16-50-43(59)62-18-28-25-10-6-4-8-23(25)24-9-5-7-11-26(24)28/h4-11,14-15,28,32,39,60H,3,12-13,16-20H2,1-2H3,(H,50,59)(H,51,55)(H,53,56)/t32-,39?,44-/m0/s1. The van der Waals surface area contributed by atoms with Crippen molar-refractivity contribution in [3.8, 4) is 22.5 Å². The summed E-state index contributed by atoms with van der Waals surface area (Å²) >= 11 is 0. The smallest absolute Gasteiger partial charge is 0.423 e. The molecule has 3 atom stereocenters. The number of hydrogen-bond acceptors (Lipinski definition) is 10. The van der Waals surface area contributed by atoms with E-state index in [9.17, 15) is 42.3 Å². The van der Waals surface area contributed by atoms with Crippen molar-refractivity contribution in [1.82, 2.24) is 25.5 Å². The van der Waals surface area contributed by atoms with E-state index in [0.29, 0.717) is 27.6 Å². The number of amides is 3.